The molecule has 2 unspecified atom stereocenters. The third-order valence-corrected chi connectivity index (χ3v) is 8.46. The summed E-state index contributed by atoms with van der Waals surface area (Å²) in [6, 6.07) is 5.45. The molecule has 2 aromatic rings. The predicted octanol–water partition coefficient (Wildman–Crippen LogP) is 5.29. The fourth-order valence-electron chi connectivity index (χ4n) is 6.49. The smallest absolute Gasteiger partial charge is 0.406 e. The van der Waals surface area contributed by atoms with Crippen LogP contribution in [0, 0.1) is 11.8 Å². The molecule has 13 heteroatoms. The topological polar surface area (TPSA) is 66.2 Å². The molecule has 0 saturated heterocycles. The van der Waals surface area contributed by atoms with Gasteiger partial charge in [-0.15, -0.1) is 18.3 Å². The number of ether oxygens (including phenoxy) is 1. The van der Waals surface area contributed by atoms with Gasteiger partial charge < -0.3 is 14.5 Å². The van der Waals surface area contributed by atoms with E-state index in [1.165, 1.54) is 31.2 Å². The maximum atomic E-state index is 14.5. The Morgan fingerprint density at radius 3 is 2.52 bits per heavy atom. The van der Waals surface area contributed by atoms with Crippen LogP contribution >= 0.6 is 0 Å². The van der Waals surface area contributed by atoms with E-state index in [1.54, 1.807) is 26.9 Å². The first-order valence-electron chi connectivity index (χ1n) is 14.0. The fourth-order valence-corrected chi connectivity index (χ4v) is 6.49. The first-order valence-corrected chi connectivity index (χ1v) is 14.0. The van der Waals surface area contributed by atoms with Gasteiger partial charge in [0.05, 0.1) is 17.9 Å². The molecule has 3 aliphatic heterocycles. The van der Waals surface area contributed by atoms with E-state index in [1.807, 2.05) is 11.9 Å². The van der Waals surface area contributed by atoms with Gasteiger partial charge in [0.2, 0.25) is 5.91 Å². The van der Waals surface area contributed by atoms with Crippen LogP contribution in [0.2, 0.25) is 0 Å². The van der Waals surface area contributed by atoms with Crippen LogP contribution in [-0.2, 0) is 17.8 Å². The number of benzene rings is 1. The van der Waals surface area contributed by atoms with Crippen molar-refractivity contribution in [3.8, 4) is 11.4 Å². The van der Waals surface area contributed by atoms with Gasteiger partial charge in [-0.05, 0) is 61.1 Å². The van der Waals surface area contributed by atoms with Crippen LogP contribution in [0.3, 0.4) is 0 Å². The number of alkyl halides is 5. The maximum absolute atomic E-state index is 14.5. The molecule has 0 radical (unpaired) electrons. The van der Waals surface area contributed by atoms with E-state index >= 15 is 0 Å². The first-order chi connectivity index (χ1) is 20.0. The molecule has 0 fully saturated rings. The highest BCUT2D eigenvalue weighted by Crippen LogP contribution is 2.44. The van der Waals surface area contributed by atoms with Crippen LogP contribution in [-0.4, -0.2) is 71.3 Å². The average molecular weight is 591 g/mol. The summed E-state index contributed by atoms with van der Waals surface area (Å²) >= 11 is 0. The quantitative estimate of drug-likeness (QED) is 0.443. The van der Waals surface area contributed by atoms with Crippen LogP contribution < -0.4 is 9.64 Å². The van der Waals surface area contributed by atoms with E-state index < -0.39 is 12.8 Å². The van der Waals surface area contributed by atoms with E-state index in [2.05, 4.69) is 9.84 Å². The minimum Gasteiger partial charge on any atom is -0.406 e. The van der Waals surface area contributed by atoms with Crippen LogP contribution in [0.25, 0.3) is 5.69 Å². The molecule has 4 heterocycles. The summed E-state index contributed by atoms with van der Waals surface area (Å²) in [5.41, 5.74) is 4.07. The van der Waals surface area contributed by atoms with E-state index in [4.69, 9.17) is 5.10 Å². The van der Waals surface area contributed by atoms with Gasteiger partial charge in [-0.3, -0.25) is 9.80 Å². The third kappa shape index (κ3) is 5.36. The van der Waals surface area contributed by atoms with Crippen molar-refractivity contribution in [2.45, 2.75) is 51.9 Å². The fraction of sp³-hybridized carbons (Fsp3) is 0.483. The molecule has 4 aliphatic rings. The minimum absolute atomic E-state index is 0.0878. The molecular weight excluding hydrogens is 559 g/mol. The summed E-state index contributed by atoms with van der Waals surface area (Å²) < 4.78 is 72.8. The molecule has 0 N–H and O–H groups in total. The summed E-state index contributed by atoms with van der Waals surface area (Å²) in [7, 11) is 1.83. The zero-order valence-corrected chi connectivity index (χ0v) is 23.2. The summed E-state index contributed by atoms with van der Waals surface area (Å²) in [6.07, 6.45) is -1.44. The number of fused-ring (bicyclic) bond motifs is 1. The number of allylic oxidation sites excluding steroid dienone is 3. The van der Waals surface area contributed by atoms with Gasteiger partial charge in [-0.25, -0.2) is 13.5 Å². The Balaban J connectivity index is 1.40. The number of hydrogen-bond donors (Lipinski definition) is 0. The molecule has 0 spiro atoms. The number of rotatable bonds is 5. The Morgan fingerprint density at radius 1 is 1.12 bits per heavy atom. The number of carbonyl (C=O) groups excluding carboxylic acids is 1. The van der Waals surface area contributed by atoms with E-state index in [9.17, 15) is 26.7 Å². The second kappa shape index (κ2) is 10.7. The lowest BCUT2D eigenvalue weighted by atomic mass is 9.76. The van der Waals surface area contributed by atoms with E-state index in [0.29, 0.717) is 50.5 Å². The maximum Gasteiger partial charge on any atom is 0.573 e. The minimum atomic E-state index is -4.81. The van der Waals surface area contributed by atoms with Crippen molar-refractivity contribution in [1.82, 2.24) is 19.7 Å². The second-order valence-corrected chi connectivity index (χ2v) is 11.2. The molecule has 1 aromatic carbocycles. The number of aromatic nitrogens is 2. The highest BCUT2D eigenvalue weighted by molar-refractivity contribution is 5.74. The summed E-state index contributed by atoms with van der Waals surface area (Å²) in [6.45, 7) is 3.41. The Labute approximate surface area is 239 Å². The Morgan fingerprint density at radius 2 is 1.88 bits per heavy atom. The lowest BCUT2D eigenvalue weighted by molar-refractivity contribution is -0.274. The molecule has 1 aliphatic carbocycles. The number of amides is 1. The number of hydrogen-bond acceptors (Lipinski definition) is 6. The molecule has 42 heavy (non-hydrogen) atoms. The van der Waals surface area contributed by atoms with Gasteiger partial charge in [0, 0.05) is 69.0 Å². The Hall–Kier alpha value is -3.90. The standard InChI is InChI=1S/C29H31F5N6O2/c1-17(41)38-11-9-25-24(16-38)28(36-40(25)20-5-7-21(8-6-20)42-29(32,33)34)39-10-3-4-18-12-22(19-14-35-37(2)15-19)23(27(30)31)13-26(18)39/h5-8,13-14,19,22,27H,3-4,9-12,15-16H2,1-2H3. The van der Waals surface area contributed by atoms with Crippen molar-refractivity contribution in [2.75, 3.05) is 31.6 Å². The highest BCUT2D eigenvalue weighted by Gasteiger charge is 2.39. The van der Waals surface area contributed by atoms with E-state index in [0.717, 1.165) is 35.4 Å². The van der Waals surface area contributed by atoms with Gasteiger partial charge in [0.1, 0.15) is 5.75 Å². The molecule has 0 bridgehead atoms. The number of hydrazone groups is 1. The summed E-state index contributed by atoms with van der Waals surface area (Å²) in [4.78, 5) is 16.0. The SMILES string of the molecule is CC(=O)N1CCc2c(c(N3CCCC4=C3C=C(C(F)F)C(C3C=NN(C)C3)C4)nn2-c2ccc(OC(F)(F)F)cc2)C1. The van der Waals surface area contributed by atoms with E-state index in [-0.39, 0.29) is 29.1 Å². The lowest BCUT2D eigenvalue weighted by Gasteiger charge is -2.38. The largest absolute Gasteiger partial charge is 0.573 e. The molecular formula is C29H31F5N6O2. The third-order valence-electron chi connectivity index (χ3n) is 8.46. The summed E-state index contributed by atoms with van der Waals surface area (Å²) in [5, 5.41) is 11.0. The van der Waals surface area contributed by atoms with Gasteiger partial charge >= 0.3 is 6.36 Å². The van der Waals surface area contributed by atoms with Crippen LogP contribution in [0.1, 0.15) is 37.4 Å². The summed E-state index contributed by atoms with van der Waals surface area (Å²) in [5.74, 6) is -0.296. The Kier molecular flexibility index (Phi) is 7.22. The van der Waals surface area contributed by atoms with Crippen LogP contribution in [0.15, 0.2) is 52.3 Å². The molecule has 1 amide bonds. The molecule has 1 aromatic heterocycles. The Bertz CT molecular complexity index is 1460. The van der Waals surface area contributed by atoms with Gasteiger partial charge in [-0.2, -0.15) is 5.10 Å². The van der Waals surface area contributed by atoms with Crippen molar-refractivity contribution in [2.24, 2.45) is 16.9 Å². The van der Waals surface area contributed by atoms with Gasteiger partial charge in [0.15, 0.2) is 5.82 Å². The van der Waals surface area contributed by atoms with Gasteiger partial charge in [-0.1, -0.05) is 0 Å². The van der Waals surface area contributed by atoms with Crippen molar-refractivity contribution in [3.05, 3.63) is 58.4 Å². The molecule has 2 atom stereocenters. The van der Waals surface area contributed by atoms with Crippen LogP contribution in [0.5, 0.6) is 5.75 Å². The molecule has 6 rings (SSSR count). The van der Waals surface area contributed by atoms with Gasteiger partial charge in [0.25, 0.3) is 6.43 Å². The zero-order valence-electron chi connectivity index (χ0n) is 23.2. The van der Waals surface area contributed by atoms with Crippen molar-refractivity contribution >= 4 is 17.9 Å². The first kappa shape index (κ1) is 28.2. The highest BCUT2D eigenvalue weighted by atomic mass is 19.4. The molecule has 224 valence electrons. The molecule has 8 nitrogen and oxygen atoms in total. The van der Waals surface area contributed by atoms with Crippen LogP contribution in [0.4, 0.5) is 27.8 Å². The number of anilines is 1. The van der Waals surface area contributed by atoms with Crippen molar-refractivity contribution in [3.63, 3.8) is 0 Å². The lowest BCUT2D eigenvalue weighted by Crippen LogP contribution is -2.37. The monoisotopic (exact) mass is 590 g/mol. The zero-order chi connectivity index (χ0) is 29.8. The number of carbonyl (C=O) groups is 1. The predicted molar refractivity (Wildman–Crippen MR) is 145 cm³/mol. The normalized spacial score (nSPS) is 22.5. The second-order valence-electron chi connectivity index (χ2n) is 11.2. The molecule has 0 saturated carbocycles. The van der Waals surface area contributed by atoms with Crippen molar-refractivity contribution in [1.29, 1.82) is 0 Å². The number of halogens is 5. The number of nitrogens with zero attached hydrogens (tertiary/aromatic N) is 6. The van der Waals surface area contributed by atoms with Crippen molar-refractivity contribution < 1.29 is 31.5 Å². The average Bonchev–Trinajstić information content (AvgIpc) is 3.55.